The van der Waals surface area contributed by atoms with E-state index in [4.69, 9.17) is 0 Å². The molecule has 2 rings (SSSR count). The van der Waals surface area contributed by atoms with Gasteiger partial charge in [0.05, 0.1) is 6.42 Å². The molecule has 0 aliphatic carbocycles. The SMILES string of the molecule is CC[C@H](C)NC(=O)[C@H](C)N(CCc1ccccc1)C(=O)Cc1ccccc1C. The predicted molar refractivity (Wildman–Crippen MR) is 114 cm³/mol. The summed E-state index contributed by atoms with van der Waals surface area (Å²) in [6.07, 6.45) is 1.89. The van der Waals surface area contributed by atoms with Gasteiger partial charge < -0.3 is 10.2 Å². The standard InChI is InChI=1S/C24H32N2O2/c1-5-19(3)25-24(28)20(4)26(16-15-21-12-7-6-8-13-21)23(27)17-22-14-10-9-11-18(22)2/h6-14,19-20H,5,15-17H2,1-4H3,(H,25,28)/t19-,20-/m0/s1. The number of amides is 2. The zero-order chi connectivity index (χ0) is 20.5. The van der Waals surface area contributed by atoms with Gasteiger partial charge in [-0.2, -0.15) is 0 Å². The third-order valence-electron chi connectivity index (χ3n) is 5.26. The van der Waals surface area contributed by atoms with E-state index in [1.165, 1.54) is 0 Å². The van der Waals surface area contributed by atoms with Crippen molar-refractivity contribution in [2.45, 2.75) is 59.0 Å². The molecule has 2 aromatic carbocycles. The number of carbonyl (C=O) groups is 2. The van der Waals surface area contributed by atoms with E-state index >= 15 is 0 Å². The fourth-order valence-electron chi connectivity index (χ4n) is 3.11. The van der Waals surface area contributed by atoms with Gasteiger partial charge in [0.25, 0.3) is 0 Å². The summed E-state index contributed by atoms with van der Waals surface area (Å²) in [5.41, 5.74) is 3.26. The molecule has 0 aliphatic rings. The van der Waals surface area contributed by atoms with Crippen LogP contribution in [0.25, 0.3) is 0 Å². The van der Waals surface area contributed by atoms with E-state index in [2.05, 4.69) is 5.32 Å². The summed E-state index contributed by atoms with van der Waals surface area (Å²) < 4.78 is 0. The molecule has 150 valence electrons. The van der Waals surface area contributed by atoms with Crippen molar-refractivity contribution in [2.75, 3.05) is 6.54 Å². The highest BCUT2D eigenvalue weighted by Gasteiger charge is 2.26. The molecule has 2 amide bonds. The molecular weight excluding hydrogens is 348 g/mol. The fraction of sp³-hybridized carbons (Fsp3) is 0.417. The molecule has 0 spiro atoms. The van der Waals surface area contributed by atoms with Crippen molar-refractivity contribution in [3.05, 3.63) is 71.3 Å². The maximum Gasteiger partial charge on any atom is 0.242 e. The Morgan fingerprint density at radius 3 is 2.29 bits per heavy atom. The normalized spacial score (nSPS) is 12.9. The largest absolute Gasteiger partial charge is 0.352 e. The fourth-order valence-corrected chi connectivity index (χ4v) is 3.11. The number of hydrogen-bond donors (Lipinski definition) is 1. The average molecular weight is 381 g/mol. The van der Waals surface area contributed by atoms with Gasteiger partial charge in [-0.1, -0.05) is 61.5 Å². The first kappa shape index (κ1) is 21.7. The molecule has 0 radical (unpaired) electrons. The lowest BCUT2D eigenvalue weighted by Crippen LogP contribution is -2.50. The highest BCUT2D eigenvalue weighted by Crippen LogP contribution is 2.13. The summed E-state index contributed by atoms with van der Waals surface area (Å²) in [4.78, 5) is 27.5. The lowest BCUT2D eigenvalue weighted by molar-refractivity contribution is -0.139. The van der Waals surface area contributed by atoms with Crippen LogP contribution < -0.4 is 5.32 Å². The van der Waals surface area contributed by atoms with E-state index in [-0.39, 0.29) is 17.9 Å². The van der Waals surface area contributed by atoms with Crippen LogP contribution in [0.1, 0.15) is 43.9 Å². The van der Waals surface area contributed by atoms with Gasteiger partial charge in [-0.25, -0.2) is 0 Å². The van der Waals surface area contributed by atoms with E-state index in [9.17, 15) is 9.59 Å². The van der Waals surface area contributed by atoms with Crippen LogP contribution >= 0.6 is 0 Å². The molecule has 0 saturated heterocycles. The molecule has 0 aromatic heterocycles. The molecule has 0 aliphatic heterocycles. The van der Waals surface area contributed by atoms with Crippen molar-refractivity contribution in [3.63, 3.8) is 0 Å². The molecule has 28 heavy (non-hydrogen) atoms. The maximum absolute atomic E-state index is 13.1. The molecule has 0 bridgehead atoms. The number of nitrogens with zero attached hydrogens (tertiary/aromatic N) is 1. The van der Waals surface area contributed by atoms with E-state index in [0.717, 1.165) is 29.5 Å². The average Bonchev–Trinajstić information content (AvgIpc) is 2.70. The van der Waals surface area contributed by atoms with Gasteiger partial charge in [0, 0.05) is 12.6 Å². The van der Waals surface area contributed by atoms with Gasteiger partial charge in [0.2, 0.25) is 11.8 Å². The van der Waals surface area contributed by atoms with Crippen LogP contribution in [0.3, 0.4) is 0 Å². The molecule has 2 aromatic rings. The summed E-state index contributed by atoms with van der Waals surface area (Å²) >= 11 is 0. The molecule has 0 fully saturated rings. The minimum absolute atomic E-state index is 0.0166. The second kappa shape index (κ2) is 10.6. The molecule has 4 nitrogen and oxygen atoms in total. The van der Waals surface area contributed by atoms with Crippen LogP contribution in [0.4, 0.5) is 0 Å². The van der Waals surface area contributed by atoms with Gasteiger partial charge in [0.1, 0.15) is 6.04 Å². The zero-order valence-electron chi connectivity index (χ0n) is 17.4. The Bertz CT molecular complexity index is 773. The van der Waals surface area contributed by atoms with E-state index < -0.39 is 6.04 Å². The monoisotopic (exact) mass is 380 g/mol. The third kappa shape index (κ3) is 6.22. The maximum atomic E-state index is 13.1. The van der Waals surface area contributed by atoms with Crippen LogP contribution in [-0.2, 0) is 22.4 Å². The summed E-state index contributed by atoms with van der Waals surface area (Å²) in [6, 6.07) is 17.6. The molecule has 0 heterocycles. The van der Waals surface area contributed by atoms with Crippen LogP contribution in [0.5, 0.6) is 0 Å². The Balaban J connectivity index is 2.15. The van der Waals surface area contributed by atoms with Crippen LogP contribution in [0, 0.1) is 6.92 Å². The topological polar surface area (TPSA) is 49.4 Å². The van der Waals surface area contributed by atoms with Crippen molar-refractivity contribution in [1.29, 1.82) is 0 Å². The number of rotatable bonds is 9. The Kier molecular flexibility index (Phi) is 8.24. The van der Waals surface area contributed by atoms with Crippen LogP contribution in [0.15, 0.2) is 54.6 Å². The van der Waals surface area contributed by atoms with Gasteiger partial charge in [-0.3, -0.25) is 9.59 Å². The van der Waals surface area contributed by atoms with Crippen molar-refractivity contribution in [3.8, 4) is 0 Å². The zero-order valence-corrected chi connectivity index (χ0v) is 17.4. The number of aryl methyl sites for hydroxylation is 1. The van der Waals surface area contributed by atoms with Gasteiger partial charge in [-0.05, 0) is 50.3 Å². The molecule has 0 saturated carbocycles. The first-order valence-electron chi connectivity index (χ1n) is 10.1. The predicted octanol–water partition coefficient (Wildman–Crippen LogP) is 3.91. The Morgan fingerprint density at radius 2 is 1.64 bits per heavy atom. The Hall–Kier alpha value is -2.62. The molecule has 4 heteroatoms. The minimum Gasteiger partial charge on any atom is -0.352 e. The van der Waals surface area contributed by atoms with Crippen molar-refractivity contribution >= 4 is 11.8 Å². The summed E-state index contributed by atoms with van der Waals surface area (Å²) in [5, 5.41) is 3.01. The second-order valence-corrected chi connectivity index (χ2v) is 7.42. The molecule has 1 N–H and O–H groups in total. The number of carbonyl (C=O) groups excluding carboxylic acids is 2. The van der Waals surface area contributed by atoms with Gasteiger partial charge in [0.15, 0.2) is 0 Å². The molecule has 0 unspecified atom stereocenters. The quantitative estimate of drug-likeness (QED) is 0.717. The van der Waals surface area contributed by atoms with Gasteiger partial charge in [-0.15, -0.1) is 0 Å². The second-order valence-electron chi connectivity index (χ2n) is 7.42. The Morgan fingerprint density at radius 1 is 1.00 bits per heavy atom. The lowest BCUT2D eigenvalue weighted by Gasteiger charge is -2.30. The van der Waals surface area contributed by atoms with E-state index in [1.54, 1.807) is 4.90 Å². The van der Waals surface area contributed by atoms with E-state index in [0.29, 0.717) is 13.0 Å². The Labute approximate surface area is 169 Å². The highest BCUT2D eigenvalue weighted by atomic mass is 16.2. The number of benzene rings is 2. The van der Waals surface area contributed by atoms with Gasteiger partial charge >= 0.3 is 0 Å². The van der Waals surface area contributed by atoms with Crippen molar-refractivity contribution in [1.82, 2.24) is 10.2 Å². The van der Waals surface area contributed by atoms with Crippen molar-refractivity contribution < 1.29 is 9.59 Å². The first-order chi connectivity index (χ1) is 13.4. The van der Waals surface area contributed by atoms with E-state index in [1.807, 2.05) is 82.3 Å². The van der Waals surface area contributed by atoms with Crippen LogP contribution in [-0.4, -0.2) is 35.3 Å². The molecular formula is C24H32N2O2. The number of hydrogen-bond acceptors (Lipinski definition) is 2. The summed E-state index contributed by atoms with van der Waals surface area (Å²) in [5.74, 6) is -0.113. The third-order valence-corrected chi connectivity index (χ3v) is 5.26. The number of nitrogens with one attached hydrogen (secondary N) is 1. The molecule has 2 atom stereocenters. The lowest BCUT2D eigenvalue weighted by atomic mass is 10.0. The summed E-state index contributed by atoms with van der Waals surface area (Å²) in [7, 11) is 0. The van der Waals surface area contributed by atoms with Crippen LogP contribution in [0.2, 0.25) is 0 Å². The minimum atomic E-state index is -0.505. The summed E-state index contributed by atoms with van der Waals surface area (Å²) in [6.45, 7) is 8.36. The highest BCUT2D eigenvalue weighted by molar-refractivity contribution is 5.88. The smallest absolute Gasteiger partial charge is 0.242 e. The first-order valence-corrected chi connectivity index (χ1v) is 10.1. The van der Waals surface area contributed by atoms with Crippen molar-refractivity contribution in [2.24, 2.45) is 0 Å².